The molecule has 1 amide bonds. The minimum atomic E-state index is -4.49. The molecule has 0 heterocycles. The van der Waals surface area contributed by atoms with E-state index in [1.165, 1.54) is 26.4 Å². The number of halogens is 3. The van der Waals surface area contributed by atoms with Crippen LogP contribution in [-0.4, -0.2) is 20.1 Å². The molecule has 134 valence electrons. The molecule has 1 atom stereocenters. The number of hydrogen-bond acceptors (Lipinski definition) is 3. The van der Waals surface area contributed by atoms with Gasteiger partial charge in [0.25, 0.3) is 5.91 Å². The van der Waals surface area contributed by atoms with Gasteiger partial charge in [-0.15, -0.1) is 0 Å². The maximum Gasteiger partial charge on any atom is 0.416 e. The zero-order chi connectivity index (χ0) is 18.6. The maximum atomic E-state index is 12.8. The van der Waals surface area contributed by atoms with E-state index in [9.17, 15) is 18.0 Å². The third-order valence-electron chi connectivity index (χ3n) is 3.71. The van der Waals surface area contributed by atoms with Crippen molar-refractivity contribution in [2.75, 3.05) is 14.2 Å². The molecule has 2 rings (SSSR count). The Labute approximate surface area is 143 Å². The minimum Gasteiger partial charge on any atom is -0.493 e. The number of methoxy groups -OCH3 is 2. The van der Waals surface area contributed by atoms with E-state index in [0.717, 1.165) is 17.7 Å². The van der Waals surface area contributed by atoms with Crippen LogP contribution in [0.1, 0.15) is 34.5 Å². The van der Waals surface area contributed by atoms with Crippen LogP contribution in [0.4, 0.5) is 13.2 Å². The van der Waals surface area contributed by atoms with Gasteiger partial charge in [0.1, 0.15) is 0 Å². The number of benzene rings is 2. The van der Waals surface area contributed by atoms with Crippen molar-refractivity contribution in [1.29, 1.82) is 0 Å². The summed E-state index contributed by atoms with van der Waals surface area (Å²) in [5, 5.41) is 2.68. The van der Waals surface area contributed by atoms with Crippen molar-refractivity contribution >= 4 is 5.91 Å². The fraction of sp³-hybridized carbons (Fsp3) is 0.278. The lowest BCUT2D eigenvalue weighted by molar-refractivity contribution is -0.137. The van der Waals surface area contributed by atoms with Gasteiger partial charge in [0, 0.05) is 5.56 Å². The van der Waals surface area contributed by atoms with Crippen LogP contribution in [0.5, 0.6) is 11.5 Å². The van der Waals surface area contributed by atoms with Crippen LogP contribution in [0, 0.1) is 0 Å². The lowest BCUT2D eigenvalue weighted by atomic mass is 10.1. The zero-order valence-corrected chi connectivity index (χ0v) is 14.0. The minimum absolute atomic E-state index is 0.0536. The van der Waals surface area contributed by atoms with Gasteiger partial charge in [-0.1, -0.05) is 12.1 Å². The molecule has 2 aromatic carbocycles. The topological polar surface area (TPSA) is 47.6 Å². The zero-order valence-electron chi connectivity index (χ0n) is 14.0. The summed E-state index contributed by atoms with van der Waals surface area (Å²) >= 11 is 0. The van der Waals surface area contributed by atoms with E-state index in [1.54, 1.807) is 25.1 Å². The number of amides is 1. The molecule has 1 N–H and O–H groups in total. The number of hydrogen-bond donors (Lipinski definition) is 1. The second-order valence-corrected chi connectivity index (χ2v) is 5.39. The fourth-order valence-electron chi connectivity index (χ4n) is 2.32. The monoisotopic (exact) mass is 353 g/mol. The van der Waals surface area contributed by atoms with Crippen molar-refractivity contribution in [2.45, 2.75) is 19.1 Å². The molecule has 2 aromatic rings. The second-order valence-electron chi connectivity index (χ2n) is 5.39. The van der Waals surface area contributed by atoms with E-state index in [-0.39, 0.29) is 5.56 Å². The molecule has 7 heteroatoms. The Bertz CT molecular complexity index is 759. The number of alkyl halides is 3. The van der Waals surface area contributed by atoms with Crippen LogP contribution < -0.4 is 14.8 Å². The largest absolute Gasteiger partial charge is 0.493 e. The average Bonchev–Trinajstić information content (AvgIpc) is 2.60. The molecule has 0 saturated carbocycles. The highest BCUT2D eigenvalue weighted by molar-refractivity contribution is 5.94. The van der Waals surface area contributed by atoms with E-state index >= 15 is 0 Å². The molecular formula is C18H18F3NO3. The molecule has 0 aromatic heterocycles. The summed E-state index contributed by atoms with van der Waals surface area (Å²) in [6.07, 6.45) is -4.49. The van der Waals surface area contributed by atoms with Gasteiger partial charge in [-0.3, -0.25) is 4.79 Å². The highest BCUT2D eigenvalue weighted by Gasteiger charge is 2.31. The second kappa shape index (κ2) is 7.46. The first-order chi connectivity index (χ1) is 11.8. The van der Waals surface area contributed by atoms with Crippen molar-refractivity contribution in [2.24, 2.45) is 0 Å². The van der Waals surface area contributed by atoms with E-state index in [4.69, 9.17) is 9.47 Å². The smallest absolute Gasteiger partial charge is 0.416 e. The van der Waals surface area contributed by atoms with Crippen LogP contribution in [-0.2, 0) is 6.18 Å². The number of rotatable bonds is 5. The Morgan fingerprint density at radius 3 is 2.32 bits per heavy atom. The first kappa shape index (κ1) is 18.6. The standard InChI is InChI=1S/C18H18F3NO3/c1-11(12-7-8-15(24-2)16(10-12)25-3)22-17(23)13-5-4-6-14(9-13)18(19,20)21/h4-11H,1-3H3,(H,22,23)/t11-/m1/s1. The highest BCUT2D eigenvalue weighted by Crippen LogP contribution is 2.31. The van der Waals surface area contributed by atoms with Crippen LogP contribution in [0.15, 0.2) is 42.5 Å². The van der Waals surface area contributed by atoms with E-state index in [0.29, 0.717) is 11.5 Å². The third-order valence-corrected chi connectivity index (χ3v) is 3.71. The molecule has 0 aliphatic rings. The predicted octanol–water partition coefficient (Wildman–Crippen LogP) is 4.21. The van der Waals surface area contributed by atoms with Gasteiger partial charge in [0.15, 0.2) is 11.5 Å². The summed E-state index contributed by atoms with van der Waals surface area (Å²) in [5.41, 5.74) is -0.181. The van der Waals surface area contributed by atoms with Crippen molar-refractivity contribution < 1.29 is 27.4 Å². The number of nitrogens with one attached hydrogen (secondary N) is 1. The van der Waals surface area contributed by atoms with Crippen LogP contribution in [0.3, 0.4) is 0 Å². The lowest BCUT2D eigenvalue weighted by Gasteiger charge is -2.17. The summed E-state index contributed by atoms with van der Waals surface area (Å²) in [7, 11) is 3.00. The third kappa shape index (κ3) is 4.43. The quantitative estimate of drug-likeness (QED) is 0.876. The SMILES string of the molecule is COc1ccc([C@@H](C)NC(=O)c2cccc(C(F)(F)F)c2)cc1OC. The van der Waals surface area contributed by atoms with Gasteiger partial charge in [-0.25, -0.2) is 0 Å². The van der Waals surface area contributed by atoms with E-state index < -0.39 is 23.7 Å². The molecule has 0 spiro atoms. The first-order valence-corrected chi connectivity index (χ1v) is 7.46. The van der Waals surface area contributed by atoms with Crippen LogP contribution >= 0.6 is 0 Å². The molecule has 25 heavy (non-hydrogen) atoms. The van der Waals surface area contributed by atoms with Crippen LogP contribution in [0.2, 0.25) is 0 Å². The van der Waals surface area contributed by atoms with Crippen molar-refractivity contribution in [3.63, 3.8) is 0 Å². The Kier molecular flexibility index (Phi) is 5.56. The van der Waals surface area contributed by atoms with Crippen molar-refractivity contribution in [3.05, 3.63) is 59.2 Å². The normalized spacial score (nSPS) is 12.4. The van der Waals surface area contributed by atoms with Gasteiger partial charge >= 0.3 is 6.18 Å². The molecule has 4 nitrogen and oxygen atoms in total. The van der Waals surface area contributed by atoms with Crippen LogP contribution in [0.25, 0.3) is 0 Å². The molecule has 0 saturated heterocycles. The summed E-state index contributed by atoms with van der Waals surface area (Å²) < 4.78 is 48.6. The van der Waals surface area contributed by atoms with E-state index in [1.807, 2.05) is 0 Å². The molecular weight excluding hydrogens is 335 g/mol. The molecule has 0 radical (unpaired) electrons. The molecule has 0 fully saturated rings. The maximum absolute atomic E-state index is 12.8. The molecule has 0 aliphatic heterocycles. The van der Waals surface area contributed by atoms with Gasteiger partial charge in [-0.2, -0.15) is 13.2 Å². The van der Waals surface area contributed by atoms with Crippen molar-refractivity contribution in [3.8, 4) is 11.5 Å². The van der Waals surface area contributed by atoms with Gasteiger partial charge < -0.3 is 14.8 Å². The number of ether oxygens (including phenoxy) is 2. The van der Waals surface area contributed by atoms with E-state index in [2.05, 4.69) is 5.32 Å². The summed E-state index contributed by atoms with van der Waals surface area (Å²) in [4.78, 5) is 12.3. The molecule has 0 aliphatic carbocycles. The number of carbonyl (C=O) groups is 1. The Balaban J connectivity index is 2.18. The lowest BCUT2D eigenvalue weighted by Crippen LogP contribution is -2.27. The summed E-state index contributed by atoms with van der Waals surface area (Å²) in [6.45, 7) is 1.73. The van der Waals surface area contributed by atoms with Gasteiger partial charge in [0.2, 0.25) is 0 Å². The number of carbonyl (C=O) groups excluding carboxylic acids is 1. The summed E-state index contributed by atoms with van der Waals surface area (Å²) in [6, 6.07) is 9.02. The van der Waals surface area contributed by atoms with Crippen molar-refractivity contribution in [1.82, 2.24) is 5.32 Å². The van der Waals surface area contributed by atoms with Gasteiger partial charge in [-0.05, 0) is 42.8 Å². The first-order valence-electron chi connectivity index (χ1n) is 7.46. The molecule has 0 unspecified atom stereocenters. The van der Waals surface area contributed by atoms with Gasteiger partial charge in [0.05, 0.1) is 25.8 Å². The highest BCUT2D eigenvalue weighted by atomic mass is 19.4. The fourth-order valence-corrected chi connectivity index (χ4v) is 2.32. The Morgan fingerprint density at radius 2 is 1.72 bits per heavy atom. The summed E-state index contributed by atoms with van der Waals surface area (Å²) in [5.74, 6) is 0.455. The Morgan fingerprint density at radius 1 is 1.04 bits per heavy atom. The predicted molar refractivity (Wildman–Crippen MR) is 86.9 cm³/mol. The average molecular weight is 353 g/mol. The molecule has 0 bridgehead atoms. The Hall–Kier alpha value is -2.70.